The molecule has 0 bridgehead atoms. The minimum Gasteiger partial charge on any atom is -1.00 e. The number of carbonyl (C=O) groups excluding carboxylic acids is 2. The van der Waals surface area contributed by atoms with E-state index in [9.17, 15) is 9.59 Å². The molecule has 0 spiro atoms. The molecule has 1 heterocycles. The summed E-state index contributed by atoms with van der Waals surface area (Å²) < 4.78 is 19.8. The van der Waals surface area contributed by atoms with Crippen molar-refractivity contribution >= 4 is 11.8 Å². The highest BCUT2D eigenvalue weighted by atomic mass is 127. The van der Waals surface area contributed by atoms with E-state index in [1.54, 1.807) is 12.1 Å². The molecule has 2 rings (SSSR count). The third kappa shape index (κ3) is 13.5. The molecule has 2 aromatic rings. The van der Waals surface area contributed by atoms with E-state index in [1.807, 2.05) is 42.1 Å². The van der Waals surface area contributed by atoms with Gasteiger partial charge in [-0.05, 0) is 25.0 Å². The lowest BCUT2D eigenvalue weighted by Crippen LogP contribution is -3.00. The minimum absolute atomic E-state index is 0. The fourth-order valence-electron chi connectivity index (χ4n) is 4.07. The number of halogens is 1. The minimum atomic E-state index is -0.396. The number of amides is 2. The van der Waals surface area contributed by atoms with Gasteiger partial charge in [0.25, 0.3) is 5.91 Å². The number of carbonyl (C=O) groups is 2. The molecule has 1 aromatic heterocycles. The predicted molar refractivity (Wildman–Crippen MR) is 149 cm³/mol. The smallest absolute Gasteiger partial charge is 0.267 e. The van der Waals surface area contributed by atoms with Crippen LogP contribution in [0.15, 0.2) is 42.6 Å². The molecular formula is C31H47IN2O5. The second-order valence-electron chi connectivity index (χ2n) is 9.72. The molecule has 0 radical (unpaired) electrons. The first kappa shape index (κ1) is 34.7. The summed E-state index contributed by atoms with van der Waals surface area (Å²) >= 11 is 0. The van der Waals surface area contributed by atoms with Crippen molar-refractivity contribution < 1.29 is 52.3 Å². The van der Waals surface area contributed by atoms with E-state index in [-0.39, 0.29) is 43.0 Å². The summed E-state index contributed by atoms with van der Waals surface area (Å²) in [5.74, 6) is 1.10. The van der Waals surface area contributed by atoms with Gasteiger partial charge in [0, 0.05) is 25.1 Å². The van der Waals surface area contributed by atoms with Crippen molar-refractivity contribution in [2.75, 3.05) is 19.8 Å². The molecule has 2 amide bonds. The van der Waals surface area contributed by atoms with Crippen LogP contribution in [-0.4, -0.2) is 36.5 Å². The first-order valence-corrected chi connectivity index (χ1v) is 14.2. The van der Waals surface area contributed by atoms with Crippen LogP contribution in [0.2, 0.25) is 0 Å². The van der Waals surface area contributed by atoms with Crippen molar-refractivity contribution in [3.05, 3.63) is 48.3 Å². The fourth-order valence-corrected chi connectivity index (χ4v) is 4.07. The summed E-state index contributed by atoms with van der Waals surface area (Å²) in [5, 5.41) is 0. The quantitative estimate of drug-likeness (QED) is 0.132. The van der Waals surface area contributed by atoms with Crippen molar-refractivity contribution in [2.24, 2.45) is 7.05 Å². The number of benzene rings is 1. The van der Waals surface area contributed by atoms with Crippen molar-refractivity contribution in [1.29, 1.82) is 0 Å². The van der Waals surface area contributed by atoms with Gasteiger partial charge in [0.05, 0.1) is 13.2 Å². The number of nitrogens with zero attached hydrogens (tertiary/aromatic N) is 2. The van der Waals surface area contributed by atoms with E-state index in [4.69, 9.17) is 14.2 Å². The zero-order chi connectivity index (χ0) is 27.6. The maximum Gasteiger partial charge on any atom is 0.267 e. The molecule has 0 fully saturated rings. The molecule has 218 valence electrons. The SMILES string of the molecule is CCCCCCCOc1ccc(OCC(=O)N(Cc2cccc[n+]2C)C(C)=O)cc1OCCCCCCC.[I-]. The molecule has 0 aliphatic heterocycles. The molecule has 7 nitrogen and oxygen atoms in total. The molecule has 0 N–H and O–H groups in total. The number of unbranched alkanes of at least 4 members (excludes halogenated alkanes) is 8. The van der Waals surface area contributed by atoms with E-state index < -0.39 is 5.91 Å². The summed E-state index contributed by atoms with van der Waals surface area (Å²) in [6, 6.07) is 11.1. The van der Waals surface area contributed by atoms with E-state index in [1.165, 1.54) is 50.3 Å². The Hall–Kier alpha value is -2.36. The number of aryl methyl sites for hydroxylation is 1. The average molecular weight is 655 g/mol. The Morgan fingerprint density at radius 2 is 1.41 bits per heavy atom. The Balaban J connectivity index is 0.00000760. The van der Waals surface area contributed by atoms with Crippen LogP contribution >= 0.6 is 0 Å². The highest BCUT2D eigenvalue weighted by Crippen LogP contribution is 2.32. The van der Waals surface area contributed by atoms with E-state index in [0.29, 0.717) is 30.5 Å². The van der Waals surface area contributed by atoms with Crippen LogP contribution in [0.5, 0.6) is 17.2 Å². The van der Waals surface area contributed by atoms with Gasteiger partial charge < -0.3 is 38.2 Å². The molecule has 0 saturated heterocycles. The van der Waals surface area contributed by atoms with Crippen LogP contribution < -0.4 is 42.8 Å². The Labute approximate surface area is 252 Å². The van der Waals surface area contributed by atoms with Crippen LogP contribution in [0.25, 0.3) is 0 Å². The van der Waals surface area contributed by atoms with Crippen LogP contribution in [-0.2, 0) is 23.2 Å². The largest absolute Gasteiger partial charge is 1.00 e. The second kappa shape index (κ2) is 20.5. The lowest BCUT2D eigenvalue weighted by atomic mass is 10.2. The van der Waals surface area contributed by atoms with Crippen molar-refractivity contribution in [1.82, 2.24) is 4.90 Å². The van der Waals surface area contributed by atoms with Gasteiger partial charge in [-0.3, -0.25) is 14.5 Å². The molecule has 1 aromatic carbocycles. The number of imide groups is 1. The monoisotopic (exact) mass is 654 g/mol. The van der Waals surface area contributed by atoms with E-state index >= 15 is 0 Å². The summed E-state index contributed by atoms with van der Waals surface area (Å²) in [7, 11) is 1.88. The Morgan fingerprint density at radius 3 is 2.00 bits per heavy atom. The van der Waals surface area contributed by atoms with Gasteiger partial charge in [-0.2, -0.15) is 0 Å². The number of rotatable bonds is 19. The third-order valence-electron chi connectivity index (χ3n) is 6.45. The molecule has 0 aliphatic carbocycles. The van der Waals surface area contributed by atoms with Crippen molar-refractivity contribution in [3.8, 4) is 17.2 Å². The highest BCUT2D eigenvalue weighted by Gasteiger charge is 2.22. The molecule has 8 heteroatoms. The van der Waals surface area contributed by atoms with Gasteiger partial charge in [0.1, 0.15) is 19.3 Å². The summed E-state index contributed by atoms with van der Waals surface area (Å²) in [5.41, 5.74) is 0.849. The molecule has 0 atom stereocenters. The normalized spacial score (nSPS) is 10.5. The van der Waals surface area contributed by atoms with E-state index in [0.717, 1.165) is 31.4 Å². The van der Waals surface area contributed by atoms with Crippen LogP contribution in [0.4, 0.5) is 0 Å². The maximum atomic E-state index is 12.9. The fraction of sp³-hybridized carbons (Fsp3) is 0.581. The zero-order valence-corrected chi connectivity index (χ0v) is 26.4. The number of hydrogen-bond donors (Lipinski definition) is 0. The Bertz CT molecular complexity index is 985. The average Bonchev–Trinajstić information content (AvgIpc) is 2.91. The first-order valence-electron chi connectivity index (χ1n) is 14.2. The van der Waals surface area contributed by atoms with Gasteiger partial charge in [-0.15, -0.1) is 0 Å². The lowest BCUT2D eigenvalue weighted by Gasteiger charge is -2.19. The second-order valence-corrected chi connectivity index (χ2v) is 9.72. The molecule has 39 heavy (non-hydrogen) atoms. The zero-order valence-electron chi connectivity index (χ0n) is 24.3. The summed E-state index contributed by atoms with van der Waals surface area (Å²) in [4.78, 5) is 26.3. The molecular weight excluding hydrogens is 607 g/mol. The van der Waals surface area contributed by atoms with Gasteiger partial charge in [-0.25, -0.2) is 4.57 Å². The Morgan fingerprint density at radius 1 is 0.795 bits per heavy atom. The number of hydrogen-bond acceptors (Lipinski definition) is 5. The van der Waals surface area contributed by atoms with Crippen LogP contribution in [0.3, 0.4) is 0 Å². The number of pyridine rings is 1. The summed E-state index contributed by atoms with van der Waals surface area (Å²) in [6.45, 7) is 6.99. The number of ether oxygens (including phenoxy) is 3. The lowest BCUT2D eigenvalue weighted by molar-refractivity contribution is -0.679. The van der Waals surface area contributed by atoms with Crippen molar-refractivity contribution in [3.63, 3.8) is 0 Å². The summed E-state index contributed by atoms with van der Waals surface area (Å²) in [6.07, 6.45) is 13.5. The topological polar surface area (TPSA) is 69.0 Å². The molecule has 0 unspecified atom stereocenters. The third-order valence-corrected chi connectivity index (χ3v) is 6.45. The van der Waals surface area contributed by atoms with Crippen LogP contribution in [0, 0.1) is 0 Å². The molecule has 0 aliphatic rings. The maximum absolute atomic E-state index is 12.9. The van der Waals surface area contributed by atoms with Gasteiger partial charge in [0.15, 0.2) is 24.3 Å². The predicted octanol–water partition coefficient (Wildman–Crippen LogP) is 3.17. The first-order chi connectivity index (χ1) is 18.5. The van der Waals surface area contributed by atoms with Gasteiger partial charge in [0.2, 0.25) is 11.6 Å². The van der Waals surface area contributed by atoms with Gasteiger partial charge >= 0.3 is 0 Å². The standard InChI is InChI=1S/C31H47N2O5.HI/c1-5-7-9-11-15-21-36-29-19-18-28(23-30(29)37-22-16-12-10-8-6-2)38-25-31(35)33(26(3)34)24-27-17-13-14-20-32(27)4;/h13-14,17-20,23H,5-12,15-16,21-22,24-25H2,1-4H3;1H/q+1;/p-1. The Kier molecular flexibility index (Phi) is 18.2. The van der Waals surface area contributed by atoms with Gasteiger partial charge in [-0.1, -0.05) is 71.3 Å². The highest BCUT2D eigenvalue weighted by molar-refractivity contribution is 5.94. The van der Waals surface area contributed by atoms with Crippen LogP contribution in [0.1, 0.15) is 90.7 Å². The molecule has 0 saturated carbocycles. The van der Waals surface area contributed by atoms with Crippen molar-refractivity contribution in [2.45, 2.75) is 91.5 Å². The number of aromatic nitrogens is 1. The van der Waals surface area contributed by atoms with E-state index in [2.05, 4.69) is 13.8 Å².